The average molecular weight is 358 g/mol. The van der Waals surface area contributed by atoms with E-state index in [-0.39, 0.29) is 24.0 Å². The van der Waals surface area contributed by atoms with Gasteiger partial charge in [-0.3, -0.25) is 4.79 Å². The van der Waals surface area contributed by atoms with E-state index in [1.54, 1.807) is 18.2 Å². The molecule has 4 nitrogen and oxygen atoms in total. The summed E-state index contributed by atoms with van der Waals surface area (Å²) in [4.78, 5) is 14.3. The molecular weight excluding hydrogens is 337 g/mol. The molecule has 1 N–H and O–H groups in total. The maximum atomic E-state index is 12.4. The lowest BCUT2D eigenvalue weighted by atomic mass is 9.76. The number of carbonyl (C=O) groups is 1. The van der Waals surface area contributed by atoms with Gasteiger partial charge in [0, 0.05) is 23.5 Å². The van der Waals surface area contributed by atoms with Gasteiger partial charge in [-0.2, -0.15) is 0 Å². The normalized spacial score (nSPS) is 27.4. The Hall–Kier alpha value is -0.970. The highest BCUT2D eigenvalue weighted by Gasteiger charge is 2.45. The number of nitrogens with zero attached hydrogens (tertiary/aromatic N) is 1. The summed E-state index contributed by atoms with van der Waals surface area (Å²) >= 11 is 11.9. The van der Waals surface area contributed by atoms with Crippen molar-refractivity contribution >= 4 is 29.1 Å². The number of aliphatic hydroxyl groups excluding tert-OH is 1. The highest BCUT2D eigenvalue weighted by atomic mass is 35.5. The quantitative estimate of drug-likeness (QED) is 0.899. The van der Waals surface area contributed by atoms with Gasteiger partial charge in [0.15, 0.2) is 6.61 Å². The molecule has 126 valence electrons. The summed E-state index contributed by atoms with van der Waals surface area (Å²) in [7, 11) is 0. The number of hydrogen-bond donors (Lipinski definition) is 1. The largest absolute Gasteiger partial charge is 0.482 e. The molecule has 1 saturated carbocycles. The molecule has 1 aromatic carbocycles. The van der Waals surface area contributed by atoms with Gasteiger partial charge in [-0.25, -0.2) is 0 Å². The predicted octanol–water partition coefficient (Wildman–Crippen LogP) is 3.53. The second-order valence-corrected chi connectivity index (χ2v) is 7.40. The Morgan fingerprint density at radius 1 is 1.35 bits per heavy atom. The van der Waals surface area contributed by atoms with E-state index in [0.29, 0.717) is 22.3 Å². The van der Waals surface area contributed by atoms with Crippen LogP contribution in [0.5, 0.6) is 5.75 Å². The molecular formula is C17H21Cl2NO3. The molecule has 0 aromatic heterocycles. The number of aliphatic hydroxyl groups is 1. The number of carbonyl (C=O) groups excluding carboxylic acids is 1. The summed E-state index contributed by atoms with van der Waals surface area (Å²) in [6.07, 6.45) is 4.54. The molecule has 1 spiro atoms. The summed E-state index contributed by atoms with van der Waals surface area (Å²) in [5.41, 5.74) is -0.105. The molecule has 1 saturated heterocycles. The molecule has 1 aromatic rings. The topological polar surface area (TPSA) is 49.8 Å². The van der Waals surface area contributed by atoms with Gasteiger partial charge in [-0.15, -0.1) is 0 Å². The van der Waals surface area contributed by atoms with E-state index in [1.165, 1.54) is 0 Å². The molecule has 2 atom stereocenters. The third-order valence-corrected chi connectivity index (χ3v) is 5.60. The van der Waals surface area contributed by atoms with Gasteiger partial charge in [-0.1, -0.05) is 29.6 Å². The maximum Gasteiger partial charge on any atom is 0.260 e. The molecule has 3 rings (SSSR count). The van der Waals surface area contributed by atoms with Crippen LogP contribution >= 0.6 is 23.2 Å². The molecule has 2 aliphatic rings. The Morgan fingerprint density at radius 3 is 2.83 bits per heavy atom. The first-order valence-electron chi connectivity index (χ1n) is 8.04. The van der Waals surface area contributed by atoms with Crippen LogP contribution in [0.25, 0.3) is 0 Å². The molecule has 1 aliphatic heterocycles. The molecule has 0 radical (unpaired) electrons. The number of ether oxygens (including phenoxy) is 1. The minimum Gasteiger partial charge on any atom is -0.482 e. The first-order chi connectivity index (χ1) is 11.0. The average Bonchev–Trinajstić information content (AvgIpc) is 2.86. The van der Waals surface area contributed by atoms with Crippen LogP contribution in [0.1, 0.15) is 32.1 Å². The second-order valence-electron chi connectivity index (χ2n) is 6.55. The Kier molecular flexibility index (Phi) is 5.04. The van der Waals surface area contributed by atoms with Crippen molar-refractivity contribution in [3.63, 3.8) is 0 Å². The van der Waals surface area contributed by atoms with Gasteiger partial charge >= 0.3 is 0 Å². The fourth-order valence-electron chi connectivity index (χ4n) is 3.79. The third-order valence-electron chi connectivity index (χ3n) is 5.07. The molecule has 1 heterocycles. The van der Waals surface area contributed by atoms with Crippen LogP contribution in [0.3, 0.4) is 0 Å². The lowest BCUT2D eigenvalue weighted by Gasteiger charge is -2.42. The third kappa shape index (κ3) is 3.59. The Morgan fingerprint density at radius 2 is 2.13 bits per heavy atom. The molecule has 1 amide bonds. The smallest absolute Gasteiger partial charge is 0.260 e. The number of hydrogen-bond acceptors (Lipinski definition) is 3. The lowest BCUT2D eigenvalue weighted by molar-refractivity contribution is -0.138. The summed E-state index contributed by atoms with van der Waals surface area (Å²) in [5, 5.41) is 11.2. The monoisotopic (exact) mass is 357 g/mol. The highest BCUT2D eigenvalue weighted by Crippen LogP contribution is 2.45. The lowest BCUT2D eigenvalue weighted by Crippen LogP contribution is -2.50. The minimum atomic E-state index is -0.287. The van der Waals surface area contributed by atoms with Crippen molar-refractivity contribution in [2.45, 2.75) is 38.2 Å². The fourth-order valence-corrected chi connectivity index (χ4v) is 4.26. The molecule has 6 heteroatoms. The van der Waals surface area contributed by atoms with Crippen molar-refractivity contribution < 1.29 is 14.6 Å². The first kappa shape index (κ1) is 16.9. The van der Waals surface area contributed by atoms with Crippen LogP contribution < -0.4 is 4.74 Å². The molecule has 0 unspecified atom stereocenters. The predicted molar refractivity (Wildman–Crippen MR) is 90.1 cm³/mol. The van der Waals surface area contributed by atoms with E-state index in [4.69, 9.17) is 27.9 Å². The molecule has 1 aliphatic carbocycles. The van der Waals surface area contributed by atoms with E-state index in [1.807, 2.05) is 4.90 Å². The van der Waals surface area contributed by atoms with Crippen molar-refractivity contribution in [3.8, 4) is 5.75 Å². The summed E-state index contributed by atoms with van der Waals surface area (Å²) in [5.74, 6) is 0.395. The van der Waals surface area contributed by atoms with Crippen molar-refractivity contribution in [2.75, 3.05) is 19.7 Å². The van der Waals surface area contributed by atoms with E-state index in [9.17, 15) is 9.90 Å². The van der Waals surface area contributed by atoms with Crippen molar-refractivity contribution in [3.05, 3.63) is 28.2 Å². The zero-order valence-corrected chi connectivity index (χ0v) is 14.4. The van der Waals surface area contributed by atoms with E-state index < -0.39 is 0 Å². The van der Waals surface area contributed by atoms with Crippen molar-refractivity contribution in [1.29, 1.82) is 0 Å². The summed E-state index contributed by atoms with van der Waals surface area (Å²) < 4.78 is 5.54. The van der Waals surface area contributed by atoms with E-state index in [2.05, 4.69) is 0 Å². The number of rotatable bonds is 3. The zero-order chi connectivity index (χ0) is 16.4. The number of amides is 1. The number of halogens is 2. The summed E-state index contributed by atoms with van der Waals surface area (Å²) in [6.45, 7) is 1.31. The van der Waals surface area contributed by atoms with Gasteiger partial charge in [0.25, 0.3) is 5.91 Å². The van der Waals surface area contributed by atoms with Gasteiger partial charge < -0.3 is 14.7 Å². The van der Waals surface area contributed by atoms with Crippen LogP contribution in [0.15, 0.2) is 18.2 Å². The van der Waals surface area contributed by atoms with Gasteiger partial charge in [-0.05, 0) is 43.9 Å². The number of benzene rings is 1. The SMILES string of the molecule is O=C(COc1ccc(Cl)cc1Cl)N1CCC[C@]2(CCC[C@H]2O)C1. The van der Waals surface area contributed by atoms with E-state index >= 15 is 0 Å². The standard InChI is InChI=1S/C17H21Cl2NO3/c18-12-4-5-14(13(19)9-12)23-10-16(22)20-8-2-7-17(11-20)6-1-3-15(17)21/h4-5,9,15,21H,1-3,6-8,10-11H2/t15-,17-/m1/s1. The van der Waals surface area contributed by atoms with Crippen LogP contribution in [-0.4, -0.2) is 41.7 Å². The van der Waals surface area contributed by atoms with Crippen molar-refractivity contribution in [1.82, 2.24) is 4.90 Å². The second kappa shape index (κ2) is 6.88. The number of likely N-dealkylation sites (tertiary alicyclic amines) is 1. The Labute approximate surface area is 146 Å². The first-order valence-corrected chi connectivity index (χ1v) is 8.79. The fraction of sp³-hybridized carbons (Fsp3) is 0.588. The molecule has 23 heavy (non-hydrogen) atoms. The molecule has 2 fully saturated rings. The van der Waals surface area contributed by atoms with E-state index in [0.717, 1.165) is 38.6 Å². The van der Waals surface area contributed by atoms with Crippen molar-refractivity contribution in [2.24, 2.45) is 5.41 Å². The van der Waals surface area contributed by atoms with Gasteiger partial charge in [0.1, 0.15) is 5.75 Å². The highest BCUT2D eigenvalue weighted by molar-refractivity contribution is 6.35. The zero-order valence-electron chi connectivity index (χ0n) is 12.9. The maximum absolute atomic E-state index is 12.4. The Bertz CT molecular complexity index is 595. The van der Waals surface area contributed by atoms with Crippen LogP contribution in [0, 0.1) is 5.41 Å². The number of piperidine rings is 1. The van der Waals surface area contributed by atoms with Crippen LogP contribution in [-0.2, 0) is 4.79 Å². The van der Waals surface area contributed by atoms with Gasteiger partial charge in [0.05, 0.1) is 11.1 Å². The Balaban J connectivity index is 1.59. The van der Waals surface area contributed by atoms with Gasteiger partial charge in [0.2, 0.25) is 0 Å². The molecule has 0 bridgehead atoms. The minimum absolute atomic E-state index is 0.0481. The van der Waals surface area contributed by atoms with Crippen LogP contribution in [0.2, 0.25) is 10.0 Å². The summed E-state index contributed by atoms with van der Waals surface area (Å²) in [6, 6.07) is 4.93. The van der Waals surface area contributed by atoms with Crippen LogP contribution in [0.4, 0.5) is 0 Å².